The SMILES string of the molecule is NC1(c2noc(-c3cc(Br)ccc3Br)n2)CCCCCC1. The molecule has 4 nitrogen and oxygen atoms in total. The van der Waals surface area contributed by atoms with Crippen LogP contribution in [0.4, 0.5) is 0 Å². The van der Waals surface area contributed by atoms with E-state index in [4.69, 9.17) is 10.3 Å². The summed E-state index contributed by atoms with van der Waals surface area (Å²) in [6, 6.07) is 5.87. The minimum atomic E-state index is -0.448. The van der Waals surface area contributed by atoms with E-state index in [1.165, 1.54) is 12.8 Å². The van der Waals surface area contributed by atoms with Gasteiger partial charge in [-0.1, -0.05) is 46.8 Å². The molecule has 2 aromatic rings. The van der Waals surface area contributed by atoms with Gasteiger partial charge in [0.2, 0.25) is 0 Å². The van der Waals surface area contributed by atoms with Crippen LogP contribution < -0.4 is 5.73 Å². The Balaban J connectivity index is 1.94. The van der Waals surface area contributed by atoms with Crippen LogP contribution in [0.2, 0.25) is 0 Å². The molecule has 0 bridgehead atoms. The lowest BCUT2D eigenvalue weighted by Crippen LogP contribution is -2.37. The number of halogens is 2. The van der Waals surface area contributed by atoms with Crippen molar-refractivity contribution >= 4 is 31.9 Å². The molecule has 21 heavy (non-hydrogen) atoms. The highest BCUT2D eigenvalue weighted by atomic mass is 79.9. The Labute approximate surface area is 140 Å². The Morgan fingerprint density at radius 1 is 1.10 bits per heavy atom. The maximum absolute atomic E-state index is 6.53. The summed E-state index contributed by atoms with van der Waals surface area (Å²) >= 11 is 6.98. The highest BCUT2D eigenvalue weighted by molar-refractivity contribution is 9.11. The van der Waals surface area contributed by atoms with Crippen LogP contribution in [-0.2, 0) is 5.54 Å². The Hall–Kier alpha value is -0.720. The molecular formula is C15H17Br2N3O. The van der Waals surface area contributed by atoms with Crippen LogP contribution in [0.15, 0.2) is 31.7 Å². The number of hydrogen-bond acceptors (Lipinski definition) is 4. The second kappa shape index (κ2) is 6.18. The van der Waals surface area contributed by atoms with Gasteiger partial charge in [-0.3, -0.25) is 0 Å². The van der Waals surface area contributed by atoms with Gasteiger partial charge < -0.3 is 10.3 Å². The molecule has 1 heterocycles. The molecular weight excluding hydrogens is 398 g/mol. The van der Waals surface area contributed by atoms with Gasteiger partial charge in [-0.2, -0.15) is 4.98 Å². The summed E-state index contributed by atoms with van der Waals surface area (Å²) in [5.41, 5.74) is 6.96. The van der Waals surface area contributed by atoms with Gasteiger partial charge in [0.1, 0.15) is 0 Å². The van der Waals surface area contributed by atoms with Gasteiger partial charge in [0.15, 0.2) is 5.82 Å². The molecule has 0 radical (unpaired) electrons. The lowest BCUT2D eigenvalue weighted by atomic mass is 9.91. The highest BCUT2D eigenvalue weighted by Gasteiger charge is 2.33. The molecule has 1 aromatic heterocycles. The van der Waals surface area contributed by atoms with E-state index < -0.39 is 5.54 Å². The van der Waals surface area contributed by atoms with Crippen molar-refractivity contribution < 1.29 is 4.52 Å². The van der Waals surface area contributed by atoms with Crippen molar-refractivity contribution in [1.29, 1.82) is 0 Å². The van der Waals surface area contributed by atoms with Gasteiger partial charge in [-0.05, 0) is 47.0 Å². The predicted octanol–water partition coefficient (Wildman–Crippen LogP) is 4.77. The molecule has 0 amide bonds. The maximum atomic E-state index is 6.53. The minimum absolute atomic E-state index is 0.448. The summed E-state index contributed by atoms with van der Waals surface area (Å²) in [4.78, 5) is 4.57. The third-order valence-corrected chi connectivity index (χ3v) is 5.21. The van der Waals surface area contributed by atoms with Gasteiger partial charge in [0.25, 0.3) is 5.89 Å². The molecule has 1 aliphatic carbocycles. The number of nitrogens with two attached hydrogens (primary N) is 1. The summed E-state index contributed by atoms with van der Waals surface area (Å²) in [5.74, 6) is 1.14. The summed E-state index contributed by atoms with van der Waals surface area (Å²) in [6.45, 7) is 0. The number of rotatable bonds is 2. The van der Waals surface area contributed by atoms with Gasteiger partial charge in [-0.25, -0.2) is 0 Å². The molecule has 0 atom stereocenters. The zero-order chi connectivity index (χ0) is 14.9. The van der Waals surface area contributed by atoms with Crippen LogP contribution in [0.5, 0.6) is 0 Å². The zero-order valence-corrected chi connectivity index (χ0v) is 14.8. The maximum Gasteiger partial charge on any atom is 0.259 e. The summed E-state index contributed by atoms with van der Waals surface area (Å²) in [5, 5.41) is 4.15. The Morgan fingerprint density at radius 2 is 1.81 bits per heavy atom. The fraction of sp³-hybridized carbons (Fsp3) is 0.467. The van der Waals surface area contributed by atoms with Crippen molar-refractivity contribution in [3.05, 3.63) is 33.0 Å². The van der Waals surface area contributed by atoms with Crippen LogP contribution >= 0.6 is 31.9 Å². The molecule has 6 heteroatoms. The van der Waals surface area contributed by atoms with Gasteiger partial charge >= 0.3 is 0 Å². The fourth-order valence-electron chi connectivity index (χ4n) is 2.78. The van der Waals surface area contributed by atoms with Gasteiger partial charge in [0, 0.05) is 8.95 Å². The first-order valence-electron chi connectivity index (χ1n) is 7.17. The second-order valence-electron chi connectivity index (χ2n) is 5.62. The van der Waals surface area contributed by atoms with Crippen LogP contribution in [0.1, 0.15) is 44.3 Å². The lowest BCUT2D eigenvalue weighted by Gasteiger charge is -2.23. The quantitative estimate of drug-likeness (QED) is 0.718. The Bertz CT molecular complexity index is 634. The molecule has 0 aliphatic heterocycles. The van der Waals surface area contributed by atoms with E-state index in [9.17, 15) is 0 Å². The monoisotopic (exact) mass is 413 g/mol. The van der Waals surface area contributed by atoms with E-state index in [0.717, 1.165) is 40.2 Å². The van der Waals surface area contributed by atoms with E-state index >= 15 is 0 Å². The smallest absolute Gasteiger partial charge is 0.259 e. The zero-order valence-electron chi connectivity index (χ0n) is 11.6. The molecule has 0 unspecified atom stereocenters. The average Bonchev–Trinajstić information content (AvgIpc) is 2.86. The molecule has 1 fully saturated rings. The first kappa shape index (κ1) is 15.2. The molecule has 1 saturated carbocycles. The Morgan fingerprint density at radius 3 is 2.52 bits per heavy atom. The van der Waals surface area contributed by atoms with Crippen molar-refractivity contribution in [3.8, 4) is 11.5 Å². The molecule has 112 valence electrons. The number of hydrogen-bond donors (Lipinski definition) is 1. The average molecular weight is 415 g/mol. The molecule has 3 rings (SSSR count). The predicted molar refractivity (Wildman–Crippen MR) is 88.7 cm³/mol. The van der Waals surface area contributed by atoms with Gasteiger partial charge in [-0.15, -0.1) is 0 Å². The molecule has 0 saturated heterocycles. The van der Waals surface area contributed by atoms with E-state index in [-0.39, 0.29) is 0 Å². The summed E-state index contributed by atoms with van der Waals surface area (Å²) in [6.07, 6.45) is 6.57. The third-order valence-electron chi connectivity index (χ3n) is 4.03. The van der Waals surface area contributed by atoms with E-state index in [1.807, 2.05) is 18.2 Å². The van der Waals surface area contributed by atoms with Crippen LogP contribution in [0.25, 0.3) is 11.5 Å². The Kier molecular flexibility index (Phi) is 4.47. The fourth-order valence-corrected chi connectivity index (χ4v) is 3.56. The van der Waals surface area contributed by atoms with Crippen LogP contribution in [-0.4, -0.2) is 10.1 Å². The minimum Gasteiger partial charge on any atom is -0.334 e. The van der Waals surface area contributed by atoms with Crippen molar-refractivity contribution in [2.75, 3.05) is 0 Å². The normalized spacial score (nSPS) is 18.4. The van der Waals surface area contributed by atoms with Crippen molar-refractivity contribution in [2.45, 2.75) is 44.1 Å². The second-order valence-corrected chi connectivity index (χ2v) is 7.39. The number of nitrogens with zero attached hydrogens (tertiary/aromatic N) is 2. The summed E-state index contributed by atoms with van der Waals surface area (Å²) < 4.78 is 7.35. The van der Waals surface area contributed by atoms with Gasteiger partial charge in [0.05, 0.1) is 11.1 Å². The van der Waals surface area contributed by atoms with Crippen LogP contribution in [0, 0.1) is 0 Å². The van der Waals surface area contributed by atoms with Crippen molar-refractivity contribution in [2.24, 2.45) is 5.73 Å². The van der Waals surface area contributed by atoms with E-state index in [0.29, 0.717) is 11.7 Å². The topological polar surface area (TPSA) is 64.9 Å². The largest absolute Gasteiger partial charge is 0.334 e. The first-order valence-corrected chi connectivity index (χ1v) is 8.76. The van der Waals surface area contributed by atoms with E-state index in [1.54, 1.807) is 0 Å². The van der Waals surface area contributed by atoms with Crippen LogP contribution in [0.3, 0.4) is 0 Å². The first-order chi connectivity index (χ1) is 10.1. The molecule has 1 aliphatic rings. The highest BCUT2D eigenvalue weighted by Crippen LogP contribution is 2.35. The van der Waals surface area contributed by atoms with Crippen molar-refractivity contribution in [3.63, 3.8) is 0 Å². The van der Waals surface area contributed by atoms with E-state index in [2.05, 4.69) is 42.0 Å². The molecule has 0 spiro atoms. The standard InChI is InChI=1S/C15H17Br2N3O/c16-10-5-6-12(17)11(9-10)13-19-14(20-21-13)15(18)7-3-1-2-4-8-15/h5-6,9H,1-4,7-8,18H2. The molecule has 2 N–H and O–H groups in total. The third kappa shape index (κ3) is 3.22. The molecule has 1 aromatic carbocycles. The number of benzene rings is 1. The van der Waals surface area contributed by atoms with Crippen molar-refractivity contribution in [1.82, 2.24) is 10.1 Å². The number of aromatic nitrogens is 2. The summed E-state index contributed by atoms with van der Waals surface area (Å²) in [7, 11) is 0. The lowest BCUT2D eigenvalue weighted by molar-refractivity contribution is 0.334.